The van der Waals surface area contributed by atoms with E-state index in [9.17, 15) is 24.0 Å². The van der Waals surface area contributed by atoms with E-state index in [2.05, 4.69) is 24.7 Å². The zero-order chi connectivity index (χ0) is 41.0. The van der Waals surface area contributed by atoms with Gasteiger partial charge in [-0.3, -0.25) is 33.8 Å². The molecular weight excluding hydrogens is 774 g/mol. The van der Waals surface area contributed by atoms with Crippen molar-refractivity contribution in [1.29, 1.82) is 5.26 Å². The Kier molecular flexibility index (Phi) is 10.2. The van der Waals surface area contributed by atoms with E-state index in [1.807, 2.05) is 12.1 Å². The normalized spacial score (nSPS) is 24.9. The maximum absolute atomic E-state index is 14.0. The molecule has 1 unspecified atom stereocenters. The molecule has 9 rings (SSSR count). The molecular formula is C43H46ClN9O6. The Morgan fingerprint density at radius 1 is 0.814 bits per heavy atom. The van der Waals surface area contributed by atoms with E-state index in [0.717, 1.165) is 81.4 Å². The van der Waals surface area contributed by atoms with Crippen LogP contribution >= 0.6 is 11.6 Å². The van der Waals surface area contributed by atoms with Gasteiger partial charge >= 0.3 is 0 Å². The number of fused-ring (bicyclic) bond motifs is 1. The zero-order valence-electron chi connectivity index (χ0n) is 32.7. The van der Waals surface area contributed by atoms with Gasteiger partial charge in [0.25, 0.3) is 23.6 Å². The zero-order valence-corrected chi connectivity index (χ0v) is 33.5. The van der Waals surface area contributed by atoms with Crippen LogP contribution in [0.4, 0.5) is 11.5 Å². The van der Waals surface area contributed by atoms with Crippen LogP contribution in [0.3, 0.4) is 0 Å². The summed E-state index contributed by atoms with van der Waals surface area (Å²) in [7, 11) is 0. The molecule has 6 aliphatic rings. The first-order valence-electron chi connectivity index (χ1n) is 20.6. The van der Waals surface area contributed by atoms with Crippen LogP contribution in [0.15, 0.2) is 48.8 Å². The number of hydrogen-bond donors (Lipinski definition) is 1. The highest BCUT2D eigenvalue weighted by molar-refractivity contribution is 6.31. The molecule has 0 radical (unpaired) electrons. The van der Waals surface area contributed by atoms with E-state index in [1.54, 1.807) is 36.5 Å². The molecule has 5 fully saturated rings. The second kappa shape index (κ2) is 15.5. The van der Waals surface area contributed by atoms with Crippen LogP contribution in [0.1, 0.15) is 101 Å². The number of benzene rings is 2. The molecule has 1 atom stereocenters. The average Bonchev–Trinajstić information content (AvgIpc) is 3.48. The van der Waals surface area contributed by atoms with Gasteiger partial charge in [-0.15, -0.1) is 0 Å². The number of amides is 5. The lowest BCUT2D eigenvalue weighted by molar-refractivity contribution is -0.155. The molecule has 1 aromatic heterocycles. The Balaban J connectivity index is 0.772. The number of carbonyl (C=O) groups excluding carboxylic acids is 5. The molecule has 306 valence electrons. The van der Waals surface area contributed by atoms with Gasteiger partial charge in [0.05, 0.1) is 40.2 Å². The number of hydrogen-bond acceptors (Lipinski definition) is 12. The van der Waals surface area contributed by atoms with Crippen LogP contribution in [0.5, 0.6) is 5.75 Å². The number of likely N-dealkylation sites (tertiary alicyclic amines) is 2. The Bertz CT molecular complexity index is 2230. The fourth-order valence-corrected chi connectivity index (χ4v) is 10.3. The quantitative estimate of drug-likeness (QED) is 0.320. The van der Waals surface area contributed by atoms with E-state index in [0.29, 0.717) is 59.2 Å². The van der Waals surface area contributed by atoms with Gasteiger partial charge in [0, 0.05) is 61.9 Å². The number of primary amides is 1. The van der Waals surface area contributed by atoms with Gasteiger partial charge in [-0.2, -0.15) is 5.26 Å². The third-order valence-corrected chi connectivity index (χ3v) is 13.8. The number of carbonyl (C=O) groups is 5. The highest BCUT2D eigenvalue weighted by Gasteiger charge is 2.50. The monoisotopic (exact) mass is 819 g/mol. The summed E-state index contributed by atoms with van der Waals surface area (Å²) in [5.74, 6) is -1.01. The molecule has 1 saturated carbocycles. The number of aromatic nitrogens is 2. The Morgan fingerprint density at radius 3 is 2.20 bits per heavy atom. The topological polar surface area (TPSA) is 186 Å². The maximum atomic E-state index is 14.0. The van der Waals surface area contributed by atoms with Crippen LogP contribution in [-0.4, -0.2) is 118 Å². The summed E-state index contributed by atoms with van der Waals surface area (Å²) < 4.78 is 6.11. The number of piperidine rings is 3. The third kappa shape index (κ3) is 7.26. The first kappa shape index (κ1) is 38.9. The van der Waals surface area contributed by atoms with Crippen molar-refractivity contribution in [2.45, 2.75) is 88.4 Å². The number of rotatable bonds is 8. The van der Waals surface area contributed by atoms with Gasteiger partial charge in [-0.1, -0.05) is 11.6 Å². The minimum absolute atomic E-state index is 0.0744. The number of anilines is 2. The second-order valence-corrected chi connectivity index (χ2v) is 17.3. The first-order chi connectivity index (χ1) is 28.5. The summed E-state index contributed by atoms with van der Waals surface area (Å²) >= 11 is 6.18. The van der Waals surface area contributed by atoms with E-state index >= 15 is 0 Å². The minimum atomic E-state index is -1.04. The van der Waals surface area contributed by atoms with E-state index in [-0.39, 0.29) is 42.0 Å². The van der Waals surface area contributed by atoms with Crippen molar-refractivity contribution in [3.8, 4) is 11.8 Å². The highest BCUT2D eigenvalue weighted by Crippen LogP contribution is 2.44. The number of nitriles is 1. The van der Waals surface area contributed by atoms with Gasteiger partial charge in [0.1, 0.15) is 29.4 Å². The number of nitrogens with zero attached hydrogens (tertiary/aromatic N) is 8. The van der Waals surface area contributed by atoms with Gasteiger partial charge < -0.3 is 25.2 Å². The van der Waals surface area contributed by atoms with Crippen LogP contribution < -0.4 is 20.3 Å². The lowest BCUT2D eigenvalue weighted by Gasteiger charge is -2.56. The fourth-order valence-electron chi connectivity index (χ4n) is 10.1. The molecule has 1 spiro atoms. The van der Waals surface area contributed by atoms with Crippen molar-refractivity contribution in [1.82, 2.24) is 24.7 Å². The molecule has 59 heavy (non-hydrogen) atoms. The fraction of sp³-hybridized carbons (Fsp3) is 0.488. The van der Waals surface area contributed by atoms with Gasteiger partial charge in [-0.25, -0.2) is 9.97 Å². The third-order valence-electron chi connectivity index (χ3n) is 13.5. The molecule has 15 nitrogen and oxygen atoms in total. The van der Waals surface area contributed by atoms with Crippen LogP contribution in [0, 0.1) is 16.7 Å². The van der Waals surface area contributed by atoms with Crippen molar-refractivity contribution < 1.29 is 28.7 Å². The number of ether oxygens (including phenoxy) is 1. The second-order valence-electron chi connectivity index (χ2n) is 16.9. The van der Waals surface area contributed by atoms with Crippen molar-refractivity contribution in [2.24, 2.45) is 11.1 Å². The molecule has 16 heteroatoms. The lowest BCUT2D eigenvalue weighted by Crippen LogP contribution is -2.61. The predicted molar refractivity (Wildman–Crippen MR) is 216 cm³/mol. The van der Waals surface area contributed by atoms with Gasteiger partial charge in [0.2, 0.25) is 5.91 Å². The molecule has 6 heterocycles. The Labute approximate surface area is 347 Å². The summed E-state index contributed by atoms with van der Waals surface area (Å²) in [4.78, 5) is 84.3. The average molecular weight is 820 g/mol. The first-order valence-corrected chi connectivity index (χ1v) is 21.0. The largest absolute Gasteiger partial charge is 0.490 e. The molecule has 4 saturated heterocycles. The van der Waals surface area contributed by atoms with E-state index in [4.69, 9.17) is 27.3 Å². The van der Waals surface area contributed by atoms with Crippen molar-refractivity contribution in [2.75, 3.05) is 49.1 Å². The maximum Gasteiger partial charge on any atom is 0.268 e. The molecule has 5 aliphatic heterocycles. The summed E-state index contributed by atoms with van der Waals surface area (Å²) in [5, 5.41) is 9.47. The smallest absolute Gasteiger partial charge is 0.268 e. The Morgan fingerprint density at radius 2 is 1.54 bits per heavy atom. The molecule has 0 bridgehead atoms. The molecule has 3 aromatic rings. The van der Waals surface area contributed by atoms with E-state index < -0.39 is 29.7 Å². The van der Waals surface area contributed by atoms with Crippen LogP contribution in [-0.2, 0) is 9.59 Å². The number of nitrogens with two attached hydrogens (primary N) is 1. The molecule has 1 aliphatic carbocycles. The van der Waals surface area contributed by atoms with Crippen LogP contribution in [0.2, 0.25) is 5.02 Å². The van der Waals surface area contributed by atoms with E-state index in [1.165, 1.54) is 11.1 Å². The molecule has 5 amide bonds. The van der Waals surface area contributed by atoms with Crippen molar-refractivity contribution >= 4 is 52.6 Å². The summed E-state index contributed by atoms with van der Waals surface area (Å²) in [6.45, 7) is 5.60. The standard InChI is InChI=1S/C43H46ClN9O6/c44-34-20-31(5-1-26(34)21-45)59-30-6-2-28(3-7-30)52-38(54)10-9-36(42(52)58)53-40(56)32-8-4-29(19-33(32)41(53)57)51-24-43(25-51)13-17-49(18-14-43)27-11-15-50(16-12-27)37-23-47-35(22-48-37)39(46)55/h1,4-5,8,19-20,22-23,27-28,30,36H,2-3,6-7,9-18,24-25H2,(H2,46,55). The predicted octanol–water partition coefficient (Wildman–Crippen LogP) is 4.18. The van der Waals surface area contributed by atoms with Crippen molar-refractivity contribution in [3.63, 3.8) is 0 Å². The SMILES string of the molecule is N#Cc1ccc(OC2CCC(N3C(=O)CCC(N4C(=O)c5ccc(N6CC7(CCN(C8CCN(c9cnc(C(N)=O)cn9)CC8)CC7)C6)cc5C4=O)C3=O)CC2)cc1Cl. The summed E-state index contributed by atoms with van der Waals surface area (Å²) in [5.41, 5.74) is 7.55. The highest BCUT2D eigenvalue weighted by atomic mass is 35.5. The number of halogens is 1. The Hall–Kier alpha value is -5.59. The van der Waals surface area contributed by atoms with Crippen LogP contribution in [0.25, 0.3) is 0 Å². The summed E-state index contributed by atoms with van der Waals surface area (Å²) in [6.07, 6.45) is 9.63. The lowest BCUT2D eigenvalue weighted by atomic mass is 9.71. The summed E-state index contributed by atoms with van der Waals surface area (Å²) in [6, 6.07) is 11.5. The minimum Gasteiger partial charge on any atom is -0.490 e. The molecule has 2 aromatic carbocycles. The number of imide groups is 2. The van der Waals surface area contributed by atoms with Gasteiger partial charge in [0.15, 0.2) is 0 Å². The molecule has 2 N–H and O–H groups in total. The van der Waals surface area contributed by atoms with Gasteiger partial charge in [-0.05, 0) is 101 Å². The van der Waals surface area contributed by atoms with Crippen molar-refractivity contribution in [3.05, 3.63) is 76.2 Å².